The zero-order valence-corrected chi connectivity index (χ0v) is 17.9. The number of halogens is 1. The highest BCUT2D eigenvalue weighted by Gasteiger charge is 2.16. The molecule has 0 amide bonds. The van der Waals surface area contributed by atoms with E-state index < -0.39 is 0 Å². The third kappa shape index (κ3) is 3.79. The van der Waals surface area contributed by atoms with Gasteiger partial charge in [0.05, 0.1) is 23.0 Å². The highest BCUT2D eigenvalue weighted by atomic mass is 79.9. The van der Waals surface area contributed by atoms with E-state index >= 15 is 0 Å². The summed E-state index contributed by atoms with van der Waals surface area (Å²) in [5.41, 5.74) is 1.93. The minimum absolute atomic E-state index is 0.864. The topological polar surface area (TPSA) is 35.0 Å². The van der Waals surface area contributed by atoms with Crippen LogP contribution in [0.1, 0.15) is 0 Å². The quantitative estimate of drug-likeness (QED) is 0.246. The van der Waals surface area contributed by atoms with Crippen LogP contribution in [-0.4, -0.2) is 28.2 Å². The minimum Gasteiger partial charge on any atom is -0.495 e. The number of ether oxygens (including phenoxy) is 1. The van der Waals surface area contributed by atoms with Crippen LogP contribution in [0.3, 0.4) is 0 Å². The zero-order chi connectivity index (χ0) is 18.6. The molecule has 0 saturated carbocycles. The van der Waals surface area contributed by atoms with Crippen molar-refractivity contribution in [3.8, 4) is 5.75 Å². The van der Waals surface area contributed by atoms with Crippen molar-refractivity contribution in [1.82, 2.24) is 9.97 Å². The van der Waals surface area contributed by atoms with Gasteiger partial charge in [-0.1, -0.05) is 58.0 Å². The Kier molecular flexibility index (Phi) is 5.86. The Labute approximate surface area is 175 Å². The number of rotatable bonds is 6. The molecule has 0 aliphatic rings. The van der Waals surface area contributed by atoms with Gasteiger partial charge >= 0.3 is 0 Å². The smallest absolute Gasteiger partial charge is 0.143 e. The molecule has 6 heteroatoms. The van der Waals surface area contributed by atoms with Crippen LogP contribution < -0.4 is 4.74 Å². The standard InChI is InChI=1S/C21H17BrN2OS2/c1-25-20-14-6-2-4-8-16(14)23-12-18(20)27-21-15-7-3-5-9-17(15)24-13-19(21)26-11-10-22/h2-9,12-13H,10-11H2,1H3. The first-order chi connectivity index (χ1) is 13.3. The molecule has 0 bridgehead atoms. The van der Waals surface area contributed by atoms with Gasteiger partial charge in [0.2, 0.25) is 0 Å². The molecule has 4 aromatic rings. The van der Waals surface area contributed by atoms with Gasteiger partial charge in [0.15, 0.2) is 0 Å². The number of pyridine rings is 2. The first-order valence-corrected chi connectivity index (χ1v) is 11.4. The lowest BCUT2D eigenvalue weighted by Gasteiger charge is -2.14. The van der Waals surface area contributed by atoms with Gasteiger partial charge in [-0.2, -0.15) is 0 Å². The fraction of sp³-hybridized carbons (Fsp3) is 0.143. The highest BCUT2D eigenvalue weighted by Crippen LogP contribution is 2.44. The van der Waals surface area contributed by atoms with Gasteiger partial charge in [0, 0.05) is 44.0 Å². The number of alkyl halides is 1. The van der Waals surface area contributed by atoms with E-state index in [1.165, 1.54) is 9.79 Å². The summed E-state index contributed by atoms with van der Waals surface area (Å²) in [6, 6.07) is 16.3. The maximum absolute atomic E-state index is 5.77. The highest BCUT2D eigenvalue weighted by molar-refractivity contribution is 9.09. The van der Waals surface area contributed by atoms with Crippen molar-refractivity contribution in [3.63, 3.8) is 0 Å². The Morgan fingerprint density at radius 3 is 2.22 bits per heavy atom. The van der Waals surface area contributed by atoms with Crippen LogP contribution in [0.5, 0.6) is 5.75 Å². The molecule has 27 heavy (non-hydrogen) atoms. The first kappa shape index (κ1) is 18.6. The van der Waals surface area contributed by atoms with E-state index in [2.05, 4.69) is 44.1 Å². The van der Waals surface area contributed by atoms with E-state index in [0.717, 1.165) is 43.5 Å². The molecule has 0 fully saturated rings. The summed E-state index contributed by atoms with van der Waals surface area (Å²) >= 11 is 7.02. The lowest BCUT2D eigenvalue weighted by Crippen LogP contribution is -1.93. The number of hydrogen-bond acceptors (Lipinski definition) is 5. The van der Waals surface area contributed by atoms with Crippen molar-refractivity contribution in [2.24, 2.45) is 0 Å². The average Bonchev–Trinajstić information content (AvgIpc) is 2.73. The van der Waals surface area contributed by atoms with E-state index in [-0.39, 0.29) is 0 Å². The van der Waals surface area contributed by atoms with Gasteiger partial charge < -0.3 is 4.74 Å². The Hall–Kier alpha value is -1.76. The van der Waals surface area contributed by atoms with Gasteiger partial charge in [-0.3, -0.25) is 9.97 Å². The Morgan fingerprint density at radius 2 is 1.52 bits per heavy atom. The van der Waals surface area contributed by atoms with E-state index in [4.69, 9.17) is 4.74 Å². The number of thioether (sulfide) groups is 1. The van der Waals surface area contributed by atoms with Gasteiger partial charge in [0.25, 0.3) is 0 Å². The summed E-state index contributed by atoms with van der Waals surface area (Å²) < 4.78 is 5.77. The van der Waals surface area contributed by atoms with E-state index in [9.17, 15) is 0 Å². The fourth-order valence-electron chi connectivity index (χ4n) is 2.95. The molecule has 136 valence electrons. The molecule has 3 nitrogen and oxygen atoms in total. The molecule has 0 aliphatic carbocycles. The summed E-state index contributed by atoms with van der Waals surface area (Å²) in [7, 11) is 1.72. The number of methoxy groups -OCH3 is 1. The first-order valence-electron chi connectivity index (χ1n) is 8.48. The molecular formula is C21H17BrN2OS2. The molecule has 0 N–H and O–H groups in total. The summed E-state index contributed by atoms with van der Waals surface area (Å²) in [5, 5.41) is 3.12. The predicted octanol–water partition coefficient (Wildman–Crippen LogP) is 6.43. The van der Waals surface area contributed by atoms with Crippen LogP contribution in [-0.2, 0) is 0 Å². The van der Waals surface area contributed by atoms with Crippen molar-refractivity contribution >= 4 is 61.3 Å². The molecule has 0 unspecified atom stereocenters. The van der Waals surface area contributed by atoms with Crippen LogP contribution in [0.25, 0.3) is 21.8 Å². The Morgan fingerprint density at radius 1 is 0.889 bits per heavy atom. The molecule has 2 aromatic heterocycles. The Balaban J connectivity index is 1.86. The number of fused-ring (bicyclic) bond motifs is 2. The van der Waals surface area contributed by atoms with E-state index in [1.54, 1.807) is 30.6 Å². The zero-order valence-electron chi connectivity index (χ0n) is 14.7. The van der Waals surface area contributed by atoms with Gasteiger partial charge in [-0.25, -0.2) is 0 Å². The van der Waals surface area contributed by atoms with Crippen molar-refractivity contribution in [2.75, 3.05) is 18.2 Å². The molecule has 2 aromatic carbocycles. The molecule has 0 aliphatic heterocycles. The summed E-state index contributed by atoms with van der Waals surface area (Å²) in [6.45, 7) is 0. The maximum atomic E-state index is 5.77. The van der Waals surface area contributed by atoms with Crippen molar-refractivity contribution < 1.29 is 4.74 Å². The number of benzene rings is 2. The van der Waals surface area contributed by atoms with Crippen molar-refractivity contribution in [1.29, 1.82) is 0 Å². The average molecular weight is 457 g/mol. The van der Waals surface area contributed by atoms with Gasteiger partial charge in [-0.05, 0) is 18.2 Å². The summed E-state index contributed by atoms with van der Waals surface area (Å²) in [6.07, 6.45) is 3.87. The normalized spacial score (nSPS) is 11.2. The monoisotopic (exact) mass is 456 g/mol. The SMILES string of the molecule is COc1c(Sc2c(SCCBr)cnc3ccccc23)cnc2ccccc12. The molecule has 4 rings (SSSR count). The largest absolute Gasteiger partial charge is 0.495 e. The van der Waals surface area contributed by atoms with Crippen molar-refractivity contribution in [2.45, 2.75) is 14.7 Å². The molecule has 0 radical (unpaired) electrons. The fourth-order valence-corrected chi connectivity index (χ4v) is 5.45. The van der Waals surface area contributed by atoms with Crippen molar-refractivity contribution in [3.05, 3.63) is 60.9 Å². The van der Waals surface area contributed by atoms with Gasteiger partial charge in [-0.15, -0.1) is 11.8 Å². The lowest BCUT2D eigenvalue weighted by atomic mass is 10.2. The second-order valence-electron chi connectivity index (χ2n) is 5.78. The van der Waals surface area contributed by atoms with Gasteiger partial charge in [0.1, 0.15) is 5.75 Å². The predicted molar refractivity (Wildman–Crippen MR) is 119 cm³/mol. The van der Waals surface area contributed by atoms with Crippen LogP contribution in [0.2, 0.25) is 0 Å². The van der Waals surface area contributed by atoms with E-state index in [0.29, 0.717) is 0 Å². The third-order valence-corrected chi connectivity index (χ3v) is 7.37. The number of para-hydroxylation sites is 2. The summed E-state index contributed by atoms with van der Waals surface area (Å²) in [5.74, 6) is 1.85. The second-order valence-corrected chi connectivity index (χ2v) is 8.76. The van der Waals surface area contributed by atoms with Crippen LogP contribution in [0.4, 0.5) is 0 Å². The molecule has 0 atom stereocenters. The number of nitrogens with zero attached hydrogens (tertiary/aromatic N) is 2. The van der Waals surface area contributed by atoms with Crippen LogP contribution in [0.15, 0.2) is 75.6 Å². The summed E-state index contributed by atoms with van der Waals surface area (Å²) in [4.78, 5) is 12.6. The molecule has 2 heterocycles. The van der Waals surface area contributed by atoms with E-state index in [1.807, 2.05) is 42.7 Å². The number of hydrogen-bond donors (Lipinski definition) is 0. The molecular weight excluding hydrogens is 440 g/mol. The number of aromatic nitrogens is 2. The Bertz CT molecular complexity index is 1100. The minimum atomic E-state index is 0.864. The molecule has 0 spiro atoms. The maximum Gasteiger partial charge on any atom is 0.143 e. The second kappa shape index (κ2) is 8.50. The third-order valence-electron chi connectivity index (χ3n) is 4.14. The van der Waals surface area contributed by atoms with Crippen LogP contribution in [0, 0.1) is 0 Å². The molecule has 0 saturated heterocycles. The lowest BCUT2D eigenvalue weighted by molar-refractivity contribution is 0.409. The van der Waals surface area contributed by atoms with Crippen LogP contribution >= 0.6 is 39.5 Å².